The Morgan fingerprint density at radius 2 is 2.21 bits per heavy atom. The first-order chi connectivity index (χ1) is 11.5. The van der Waals surface area contributed by atoms with Crippen molar-refractivity contribution in [2.24, 2.45) is 0 Å². The smallest absolute Gasteiger partial charge is 0.315 e. The highest BCUT2D eigenvalue weighted by molar-refractivity contribution is 6.39. The second-order valence-electron chi connectivity index (χ2n) is 5.94. The molecule has 1 atom stereocenters. The lowest BCUT2D eigenvalue weighted by Crippen LogP contribution is -2.44. The van der Waals surface area contributed by atoms with Crippen LogP contribution < -0.4 is 5.32 Å². The summed E-state index contributed by atoms with van der Waals surface area (Å²) < 4.78 is 5.19. The number of aromatic nitrogens is 3. The zero-order valence-corrected chi connectivity index (χ0v) is 13.7. The Bertz CT molecular complexity index is 758. The van der Waals surface area contributed by atoms with Gasteiger partial charge in [-0.1, -0.05) is 5.16 Å². The van der Waals surface area contributed by atoms with Gasteiger partial charge in [-0.05, 0) is 44.4 Å². The van der Waals surface area contributed by atoms with E-state index in [2.05, 4.69) is 20.4 Å². The highest BCUT2D eigenvalue weighted by Crippen LogP contribution is 2.25. The molecular formula is C16H19N5O3. The molecule has 8 nitrogen and oxygen atoms in total. The van der Waals surface area contributed by atoms with E-state index in [1.807, 2.05) is 13.0 Å². The quantitative estimate of drug-likeness (QED) is 0.836. The standard InChI is InChI=1S/C16H19N5O3/c1-10-5-6-17-13(8-10)19-14(22)16(23)21-7-3-4-12(9-21)15-18-11(2)20-24-15/h5-6,8,12H,3-4,7,9H2,1-2H3,(H,17,19,22). The zero-order valence-electron chi connectivity index (χ0n) is 13.7. The maximum Gasteiger partial charge on any atom is 0.315 e. The number of carbonyl (C=O) groups is 2. The summed E-state index contributed by atoms with van der Waals surface area (Å²) in [6.07, 6.45) is 3.23. The Labute approximate surface area is 139 Å². The molecule has 0 aromatic carbocycles. The van der Waals surface area contributed by atoms with Crippen LogP contribution in [-0.2, 0) is 9.59 Å². The molecule has 1 unspecified atom stereocenters. The monoisotopic (exact) mass is 329 g/mol. The molecule has 2 amide bonds. The summed E-state index contributed by atoms with van der Waals surface area (Å²) >= 11 is 0. The second-order valence-corrected chi connectivity index (χ2v) is 5.94. The minimum Gasteiger partial charge on any atom is -0.339 e. The number of pyridine rings is 1. The van der Waals surface area contributed by atoms with Gasteiger partial charge in [0.05, 0.1) is 5.92 Å². The van der Waals surface area contributed by atoms with Crippen molar-refractivity contribution in [3.63, 3.8) is 0 Å². The maximum atomic E-state index is 12.4. The van der Waals surface area contributed by atoms with Crippen molar-refractivity contribution in [1.82, 2.24) is 20.0 Å². The first kappa shape index (κ1) is 16.1. The molecule has 1 N–H and O–H groups in total. The molecule has 1 fully saturated rings. The van der Waals surface area contributed by atoms with E-state index in [4.69, 9.17) is 4.52 Å². The van der Waals surface area contributed by atoms with Gasteiger partial charge in [0.2, 0.25) is 5.89 Å². The highest BCUT2D eigenvalue weighted by atomic mass is 16.5. The Morgan fingerprint density at radius 1 is 1.38 bits per heavy atom. The van der Waals surface area contributed by atoms with Gasteiger partial charge in [-0.25, -0.2) is 4.98 Å². The number of nitrogens with zero attached hydrogens (tertiary/aromatic N) is 4. The van der Waals surface area contributed by atoms with Crippen molar-refractivity contribution in [2.45, 2.75) is 32.6 Å². The number of amides is 2. The van der Waals surface area contributed by atoms with Gasteiger partial charge in [-0.3, -0.25) is 9.59 Å². The molecular weight excluding hydrogens is 310 g/mol. The molecule has 0 saturated carbocycles. The molecule has 1 saturated heterocycles. The number of hydrogen-bond acceptors (Lipinski definition) is 6. The van der Waals surface area contributed by atoms with Crippen molar-refractivity contribution >= 4 is 17.6 Å². The predicted octanol–water partition coefficient (Wildman–Crippen LogP) is 1.43. The molecule has 3 rings (SSSR count). The van der Waals surface area contributed by atoms with Crippen LogP contribution in [0.2, 0.25) is 0 Å². The minimum absolute atomic E-state index is 0.0335. The molecule has 0 aliphatic carbocycles. The fraction of sp³-hybridized carbons (Fsp3) is 0.438. The van der Waals surface area contributed by atoms with E-state index in [0.717, 1.165) is 18.4 Å². The third-order valence-electron chi connectivity index (χ3n) is 3.95. The van der Waals surface area contributed by atoms with Gasteiger partial charge in [0, 0.05) is 19.3 Å². The van der Waals surface area contributed by atoms with Crippen LogP contribution >= 0.6 is 0 Å². The third-order valence-corrected chi connectivity index (χ3v) is 3.95. The first-order valence-electron chi connectivity index (χ1n) is 7.86. The fourth-order valence-corrected chi connectivity index (χ4v) is 2.76. The zero-order chi connectivity index (χ0) is 17.1. The van der Waals surface area contributed by atoms with Crippen molar-refractivity contribution < 1.29 is 14.1 Å². The van der Waals surface area contributed by atoms with E-state index in [1.54, 1.807) is 19.2 Å². The molecule has 0 radical (unpaired) electrons. The van der Waals surface area contributed by atoms with Crippen molar-refractivity contribution in [3.05, 3.63) is 35.6 Å². The lowest BCUT2D eigenvalue weighted by Gasteiger charge is -2.30. The molecule has 8 heteroatoms. The van der Waals surface area contributed by atoms with Crippen LogP contribution in [0.15, 0.2) is 22.9 Å². The van der Waals surface area contributed by atoms with Gasteiger partial charge >= 0.3 is 11.8 Å². The fourth-order valence-electron chi connectivity index (χ4n) is 2.76. The molecule has 2 aromatic heterocycles. The summed E-state index contributed by atoms with van der Waals surface area (Å²) in [5.41, 5.74) is 0.956. The van der Waals surface area contributed by atoms with Crippen molar-refractivity contribution in [1.29, 1.82) is 0 Å². The van der Waals surface area contributed by atoms with Crippen LogP contribution in [0, 0.1) is 13.8 Å². The summed E-state index contributed by atoms with van der Waals surface area (Å²) in [4.78, 5) is 34.4. The van der Waals surface area contributed by atoms with E-state index < -0.39 is 11.8 Å². The number of aryl methyl sites for hydroxylation is 2. The normalized spacial score (nSPS) is 17.6. The molecule has 3 heterocycles. The van der Waals surface area contributed by atoms with E-state index in [0.29, 0.717) is 30.6 Å². The van der Waals surface area contributed by atoms with Gasteiger partial charge in [-0.15, -0.1) is 0 Å². The summed E-state index contributed by atoms with van der Waals surface area (Å²) in [5.74, 6) is 0.167. The number of hydrogen-bond donors (Lipinski definition) is 1. The van der Waals surface area contributed by atoms with Gasteiger partial charge in [-0.2, -0.15) is 4.98 Å². The number of anilines is 1. The Kier molecular flexibility index (Phi) is 4.54. The average molecular weight is 329 g/mol. The van der Waals surface area contributed by atoms with E-state index in [-0.39, 0.29) is 5.92 Å². The summed E-state index contributed by atoms with van der Waals surface area (Å²) in [6, 6.07) is 3.53. The Hall–Kier alpha value is -2.77. The van der Waals surface area contributed by atoms with Gasteiger partial charge in [0.1, 0.15) is 5.82 Å². The molecule has 2 aromatic rings. The van der Waals surface area contributed by atoms with E-state index >= 15 is 0 Å². The van der Waals surface area contributed by atoms with Crippen LogP contribution in [-0.4, -0.2) is 44.9 Å². The third kappa shape index (κ3) is 3.58. The van der Waals surface area contributed by atoms with Crippen LogP contribution in [0.5, 0.6) is 0 Å². The van der Waals surface area contributed by atoms with Gasteiger partial charge in [0.15, 0.2) is 5.82 Å². The lowest BCUT2D eigenvalue weighted by molar-refractivity contribution is -0.144. The summed E-state index contributed by atoms with van der Waals surface area (Å²) in [7, 11) is 0. The summed E-state index contributed by atoms with van der Waals surface area (Å²) in [6.45, 7) is 4.58. The van der Waals surface area contributed by atoms with Crippen molar-refractivity contribution in [2.75, 3.05) is 18.4 Å². The number of rotatable bonds is 2. The molecule has 0 bridgehead atoms. The second kappa shape index (κ2) is 6.77. The average Bonchev–Trinajstić information content (AvgIpc) is 3.01. The SMILES string of the molecule is Cc1ccnc(NC(=O)C(=O)N2CCCC(c3nc(C)no3)C2)c1. The van der Waals surface area contributed by atoms with Crippen LogP contribution in [0.25, 0.3) is 0 Å². The molecule has 126 valence electrons. The lowest BCUT2D eigenvalue weighted by atomic mass is 9.98. The highest BCUT2D eigenvalue weighted by Gasteiger charge is 2.31. The number of nitrogens with one attached hydrogen (secondary N) is 1. The molecule has 1 aliphatic rings. The maximum absolute atomic E-state index is 12.4. The Morgan fingerprint density at radius 3 is 2.92 bits per heavy atom. The number of likely N-dealkylation sites (tertiary alicyclic amines) is 1. The van der Waals surface area contributed by atoms with Crippen LogP contribution in [0.3, 0.4) is 0 Å². The molecule has 1 aliphatic heterocycles. The first-order valence-corrected chi connectivity index (χ1v) is 7.86. The van der Waals surface area contributed by atoms with Crippen LogP contribution in [0.4, 0.5) is 5.82 Å². The van der Waals surface area contributed by atoms with E-state index in [1.165, 1.54) is 4.90 Å². The number of piperidine rings is 1. The van der Waals surface area contributed by atoms with Crippen molar-refractivity contribution in [3.8, 4) is 0 Å². The topological polar surface area (TPSA) is 101 Å². The largest absolute Gasteiger partial charge is 0.339 e. The summed E-state index contributed by atoms with van der Waals surface area (Å²) in [5, 5.41) is 6.33. The number of carbonyl (C=O) groups excluding carboxylic acids is 2. The Balaban J connectivity index is 1.64. The molecule has 24 heavy (non-hydrogen) atoms. The van der Waals surface area contributed by atoms with E-state index in [9.17, 15) is 9.59 Å². The predicted molar refractivity (Wildman–Crippen MR) is 85.2 cm³/mol. The van der Waals surface area contributed by atoms with Gasteiger partial charge in [0.25, 0.3) is 0 Å². The van der Waals surface area contributed by atoms with Gasteiger partial charge < -0.3 is 14.7 Å². The minimum atomic E-state index is -0.685. The van der Waals surface area contributed by atoms with Crippen LogP contribution in [0.1, 0.15) is 36.0 Å². The molecule has 0 spiro atoms.